The van der Waals surface area contributed by atoms with Gasteiger partial charge in [0, 0.05) is 64.1 Å². The number of aromatic nitrogens is 2. The number of imidazole rings is 1. The minimum absolute atomic E-state index is 0.169. The largest absolute Gasteiger partial charge is 0.483 e. The number of likely N-dealkylation sites (tertiary alicyclic amines) is 1. The van der Waals surface area contributed by atoms with Crippen molar-refractivity contribution in [1.29, 1.82) is 0 Å². The van der Waals surface area contributed by atoms with Gasteiger partial charge in [-0.3, -0.25) is 9.69 Å². The van der Waals surface area contributed by atoms with Crippen LogP contribution >= 0.6 is 0 Å². The molecule has 2 saturated heterocycles. The van der Waals surface area contributed by atoms with Crippen LogP contribution in [-0.2, 0) is 16.6 Å². The van der Waals surface area contributed by atoms with Crippen LogP contribution in [-0.4, -0.2) is 88.4 Å². The van der Waals surface area contributed by atoms with E-state index in [4.69, 9.17) is 19.6 Å². The van der Waals surface area contributed by atoms with E-state index in [0.29, 0.717) is 5.92 Å². The van der Waals surface area contributed by atoms with Crippen LogP contribution in [0.2, 0.25) is 0 Å². The Morgan fingerprint density at radius 3 is 2.49 bits per heavy atom. The summed E-state index contributed by atoms with van der Waals surface area (Å²) in [6.07, 6.45) is 2.07. The Morgan fingerprint density at radius 2 is 1.79 bits per heavy atom. The predicted molar refractivity (Wildman–Crippen MR) is 154 cm³/mol. The van der Waals surface area contributed by atoms with Crippen molar-refractivity contribution < 1.29 is 19.4 Å². The van der Waals surface area contributed by atoms with Crippen LogP contribution in [0.15, 0.2) is 48.5 Å². The van der Waals surface area contributed by atoms with Crippen molar-refractivity contribution >= 4 is 29.3 Å². The maximum Gasteiger partial charge on any atom is 0.410 e. The standard InChI is InChI=1S/C29H39N5O2.CH2O2/c1-29(2,3)36-28(35)34-14-8-9-22(21-34)20-32-15-17-33(18-16-32)24-11-7-10-23(19-24)27-30-25-12-5-6-13-26(25)31(27)4;2-1-3/h5-7,10-13,19,22H,8-9,14-18,20-21H2,1-4H3;1H,(H,2,3). The van der Waals surface area contributed by atoms with E-state index in [2.05, 4.69) is 63.9 Å². The molecule has 0 saturated carbocycles. The van der Waals surface area contributed by atoms with E-state index in [-0.39, 0.29) is 12.6 Å². The van der Waals surface area contributed by atoms with Crippen molar-refractivity contribution in [2.75, 3.05) is 50.7 Å². The van der Waals surface area contributed by atoms with E-state index in [1.165, 1.54) is 12.1 Å². The van der Waals surface area contributed by atoms with E-state index in [9.17, 15) is 4.79 Å². The highest BCUT2D eigenvalue weighted by Crippen LogP contribution is 2.28. The van der Waals surface area contributed by atoms with Crippen LogP contribution in [0.4, 0.5) is 10.5 Å². The fourth-order valence-electron chi connectivity index (χ4n) is 5.51. The molecule has 0 radical (unpaired) electrons. The summed E-state index contributed by atoms with van der Waals surface area (Å²) < 4.78 is 7.78. The van der Waals surface area contributed by atoms with Gasteiger partial charge in [-0.15, -0.1) is 0 Å². The molecule has 2 aromatic carbocycles. The minimum Gasteiger partial charge on any atom is -0.483 e. The zero-order chi connectivity index (χ0) is 28.0. The summed E-state index contributed by atoms with van der Waals surface area (Å²) in [5.41, 5.74) is 4.15. The first-order chi connectivity index (χ1) is 18.7. The lowest BCUT2D eigenvalue weighted by molar-refractivity contribution is -0.122. The Bertz CT molecular complexity index is 1260. The lowest BCUT2D eigenvalue weighted by Crippen LogP contribution is -2.50. The Morgan fingerprint density at radius 1 is 1.08 bits per heavy atom. The number of carboxylic acid groups (broad SMARTS) is 1. The van der Waals surface area contributed by atoms with Crippen molar-refractivity contribution in [1.82, 2.24) is 19.4 Å². The van der Waals surface area contributed by atoms with Crippen molar-refractivity contribution in [2.24, 2.45) is 13.0 Å². The van der Waals surface area contributed by atoms with Crippen LogP contribution < -0.4 is 4.90 Å². The molecule has 9 heteroatoms. The number of para-hydroxylation sites is 2. The quantitative estimate of drug-likeness (QED) is 0.484. The molecule has 0 spiro atoms. The molecular weight excluding hydrogens is 494 g/mol. The maximum atomic E-state index is 12.5. The molecular formula is C30H41N5O4. The molecule has 1 N–H and O–H groups in total. The Hall–Kier alpha value is -3.59. The molecule has 39 heavy (non-hydrogen) atoms. The Kier molecular flexibility index (Phi) is 9.12. The number of fused-ring (bicyclic) bond motifs is 1. The number of benzene rings is 2. The van der Waals surface area contributed by atoms with E-state index in [1.807, 2.05) is 31.7 Å². The normalized spacial score (nSPS) is 18.4. The number of amides is 1. The summed E-state index contributed by atoms with van der Waals surface area (Å²) in [6.45, 7) is 12.3. The Balaban J connectivity index is 0.00000112. The SMILES string of the molecule is Cn1c(-c2cccc(N3CCN(CC4CCCN(C(=O)OC(C)(C)C)C4)CC3)c2)nc2ccccc21.O=CO. The number of hydrogen-bond acceptors (Lipinski definition) is 6. The second kappa shape index (κ2) is 12.5. The van der Waals surface area contributed by atoms with Gasteiger partial charge in [-0.05, 0) is 63.8 Å². The first-order valence-corrected chi connectivity index (χ1v) is 13.7. The molecule has 210 valence electrons. The number of carbonyl (C=O) groups is 2. The topological polar surface area (TPSA) is 91.1 Å². The van der Waals surface area contributed by atoms with Crippen molar-refractivity contribution in [2.45, 2.75) is 39.2 Å². The van der Waals surface area contributed by atoms with Crippen LogP contribution in [0.25, 0.3) is 22.4 Å². The highest BCUT2D eigenvalue weighted by atomic mass is 16.6. The van der Waals surface area contributed by atoms with Gasteiger partial charge >= 0.3 is 6.09 Å². The second-order valence-corrected chi connectivity index (χ2v) is 11.4. The highest BCUT2D eigenvalue weighted by Gasteiger charge is 2.29. The van der Waals surface area contributed by atoms with Gasteiger partial charge in [0.2, 0.25) is 0 Å². The first-order valence-electron chi connectivity index (χ1n) is 13.7. The number of carbonyl (C=O) groups excluding carboxylic acids is 1. The summed E-state index contributed by atoms with van der Waals surface area (Å²) >= 11 is 0. The molecule has 0 bridgehead atoms. The van der Waals surface area contributed by atoms with Crippen LogP contribution in [0, 0.1) is 5.92 Å². The summed E-state index contributed by atoms with van der Waals surface area (Å²) in [4.78, 5) is 32.7. The van der Waals surface area contributed by atoms with Gasteiger partial charge in [-0.2, -0.15) is 0 Å². The zero-order valence-corrected chi connectivity index (χ0v) is 23.5. The predicted octanol–water partition coefficient (Wildman–Crippen LogP) is 4.71. The van der Waals surface area contributed by atoms with Gasteiger partial charge in [-0.25, -0.2) is 9.78 Å². The maximum absolute atomic E-state index is 12.5. The molecule has 5 rings (SSSR count). The van der Waals surface area contributed by atoms with E-state index in [0.717, 1.165) is 74.7 Å². The molecule has 2 fully saturated rings. The number of aryl methyl sites for hydroxylation is 1. The molecule has 1 unspecified atom stereocenters. The third-order valence-corrected chi connectivity index (χ3v) is 7.32. The molecule has 3 heterocycles. The number of piperidine rings is 1. The second-order valence-electron chi connectivity index (χ2n) is 11.4. The van der Waals surface area contributed by atoms with Crippen LogP contribution in [0.5, 0.6) is 0 Å². The van der Waals surface area contributed by atoms with E-state index in [1.54, 1.807) is 0 Å². The lowest BCUT2D eigenvalue weighted by Gasteiger charge is -2.40. The zero-order valence-electron chi connectivity index (χ0n) is 23.5. The molecule has 0 aliphatic carbocycles. The Labute approximate surface area is 231 Å². The minimum atomic E-state index is -0.443. The summed E-state index contributed by atoms with van der Waals surface area (Å²) in [5.74, 6) is 1.52. The monoisotopic (exact) mass is 535 g/mol. The lowest BCUT2D eigenvalue weighted by atomic mass is 9.97. The molecule has 1 aromatic heterocycles. The highest BCUT2D eigenvalue weighted by molar-refractivity contribution is 5.81. The summed E-state index contributed by atoms with van der Waals surface area (Å²) in [7, 11) is 2.09. The van der Waals surface area contributed by atoms with E-state index < -0.39 is 5.60 Å². The van der Waals surface area contributed by atoms with Gasteiger partial charge < -0.3 is 24.2 Å². The third kappa shape index (κ3) is 7.29. The number of piperazine rings is 1. The molecule has 2 aliphatic rings. The van der Waals surface area contributed by atoms with Gasteiger partial charge in [0.15, 0.2) is 0 Å². The van der Waals surface area contributed by atoms with Gasteiger partial charge in [0.1, 0.15) is 11.4 Å². The van der Waals surface area contributed by atoms with Gasteiger partial charge in [0.25, 0.3) is 6.47 Å². The number of rotatable bonds is 4. The van der Waals surface area contributed by atoms with Crippen molar-refractivity contribution in [3.63, 3.8) is 0 Å². The summed E-state index contributed by atoms with van der Waals surface area (Å²) in [6, 6.07) is 17.1. The average molecular weight is 536 g/mol. The number of ether oxygens (including phenoxy) is 1. The van der Waals surface area contributed by atoms with Crippen molar-refractivity contribution in [3.05, 3.63) is 48.5 Å². The third-order valence-electron chi connectivity index (χ3n) is 7.32. The van der Waals surface area contributed by atoms with Gasteiger partial charge in [-0.1, -0.05) is 24.3 Å². The first kappa shape index (κ1) is 28.4. The molecule has 1 amide bonds. The molecule has 3 aromatic rings. The number of nitrogens with zero attached hydrogens (tertiary/aromatic N) is 5. The molecule has 2 aliphatic heterocycles. The smallest absolute Gasteiger partial charge is 0.410 e. The van der Waals surface area contributed by atoms with Crippen molar-refractivity contribution in [3.8, 4) is 11.4 Å². The number of hydrogen-bond donors (Lipinski definition) is 1. The number of anilines is 1. The van der Waals surface area contributed by atoms with Crippen LogP contribution in [0.3, 0.4) is 0 Å². The van der Waals surface area contributed by atoms with Gasteiger partial charge in [0.05, 0.1) is 11.0 Å². The van der Waals surface area contributed by atoms with E-state index >= 15 is 0 Å². The molecule has 1 atom stereocenters. The fourth-order valence-corrected chi connectivity index (χ4v) is 5.51. The summed E-state index contributed by atoms with van der Waals surface area (Å²) in [5, 5.41) is 6.89. The van der Waals surface area contributed by atoms with Crippen LogP contribution in [0.1, 0.15) is 33.6 Å². The molecule has 9 nitrogen and oxygen atoms in total. The fraction of sp³-hybridized carbons (Fsp3) is 0.500. The average Bonchev–Trinajstić information content (AvgIpc) is 3.25.